The molecule has 7 heteroatoms. The van der Waals surface area contributed by atoms with E-state index in [1.54, 1.807) is 17.8 Å². The Morgan fingerprint density at radius 3 is 2.33 bits per heavy atom. The second-order valence-electron chi connectivity index (χ2n) is 6.97. The van der Waals surface area contributed by atoms with Crippen LogP contribution in [0.3, 0.4) is 0 Å². The van der Waals surface area contributed by atoms with Crippen molar-refractivity contribution < 1.29 is 4.79 Å². The monoisotopic (exact) mass is 395 g/mol. The molecule has 2 N–H and O–H groups in total. The van der Waals surface area contributed by atoms with E-state index >= 15 is 0 Å². The van der Waals surface area contributed by atoms with E-state index in [0.717, 1.165) is 21.9 Å². The van der Waals surface area contributed by atoms with Crippen molar-refractivity contribution in [1.82, 2.24) is 20.0 Å². The summed E-state index contributed by atoms with van der Waals surface area (Å²) in [7, 11) is 1.75. The molecule has 0 radical (unpaired) electrons. The number of fused-ring (bicyclic) bond motifs is 2. The summed E-state index contributed by atoms with van der Waals surface area (Å²) in [6.07, 6.45) is 0. The Morgan fingerprint density at radius 1 is 0.900 bits per heavy atom. The number of aryl methyl sites for hydroxylation is 1. The van der Waals surface area contributed by atoms with Crippen LogP contribution >= 0.6 is 0 Å². The Balaban J connectivity index is 1.46. The minimum absolute atomic E-state index is 0.221. The lowest BCUT2D eigenvalue weighted by Gasteiger charge is -2.08. The normalized spacial score (nSPS) is 11.1. The van der Waals surface area contributed by atoms with Crippen LogP contribution in [0.1, 0.15) is 10.5 Å². The maximum atomic E-state index is 12.9. The minimum atomic E-state index is -0.230. The van der Waals surface area contributed by atoms with Crippen LogP contribution in [-0.2, 0) is 7.05 Å². The summed E-state index contributed by atoms with van der Waals surface area (Å²) >= 11 is 0. The molecule has 0 saturated carbocycles. The summed E-state index contributed by atoms with van der Waals surface area (Å²) in [5.74, 6) is -0.230. The number of aromatic amines is 1. The number of rotatable bonds is 3. The fourth-order valence-electron chi connectivity index (χ4n) is 3.65. The van der Waals surface area contributed by atoms with Gasteiger partial charge >= 0.3 is 0 Å². The molecule has 5 aromatic rings. The first-order valence-electron chi connectivity index (χ1n) is 9.43. The van der Waals surface area contributed by atoms with Crippen molar-refractivity contribution in [3.05, 3.63) is 88.8 Å². The first-order valence-corrected chi connectivity index (χ1v) is 9.43. The number of hydrogen-bond donors (Lipinski definition) is 2. The fraction of sp³-hybridized carbons (Fsp3) is 0.0435. The Hall–Kier alpha value is -4.26. The van der Waals surface area contributed by atoms with Gasteiger partial charge in [-0.25, -0.2) is 5.10 Å². The van der Waals surface area contributed by atoms with Gasteiger partial charge in [0.05, 0.1) is 16.6 Å². The molecule has 0 aliphatic heterocycles. The van der Waals surface area contributed by atoms with Gasteiger partial charge in [-0.05, 0) is 24.3 Å². The Kier molecular flexibility index (Phi) is 4.14. The number of nitrogens with zero attached hydrogens (tertiary/aromatic N) is 3. The number of anilines is 1. The number of hydrogen-bond acceptors (Lipinski definition) is 4. The van der Waals surface area contributed by atoms with E-state index in [1.807, 2.05) is 66.7 Å². The summed E-state index contributed by atoms with van der Waals surface area (Å²) in [6.45, 7) is 0. The van der Waals surface area contributed by atoms with Crippen LogP contribution in [0, 0.1) is 0 Å². The Morgan fingerprint density at radius 2 is 1.57 bits per heavy atom. The molecular weight excluding hydrogens is 378 g/mol. The van der Waals surface area contributed by atoms with E-state index in [4.69, 9.17) is 0 Å². The molecule has 0 spiro atoms. The molecule has 146 valence electrons. The lowest BCUT2D eigenvalue weighted by molar-refractivity contribution is 0.101. The molecule has 0 fully saturated rings. The predicted octanol–water partition coefficient (Wildman–Crippen LogP) is 3.73. The number of nitrogens with one attached hydrogen (secondary N) is 2. The van der Waals surface area contributed by atoms with Crippen molar-refractivity contribution in [3.8, 4) is 11.3 Å². The van der Waals surface area contributed by atoms with Crippen LogP contribution in [0.2, 0.25) is 0 Å². The minimum Gasteiger partial charge on any atom is -0.321 e. The molecule has 0 aliphatic rings. The summed E-state index contributed by atoms with van der Waals surface area (Å²) in [5, 5.41) is 16.2. The van der Waals surface area contributed by atoms with Crippen molar-refractivity contribution in [3.63, 3.8) is 0 Å². The van der Waals surface area contributed by atoms with Crippen molar-refractivity contribution >= 4 is 33.3 Å². The average Bonchev–Trinajstić information content (AvgIpc) is 3.11. The zero-order valence-corrected chi connectivity index (χ0v) is 16.1. The highest BCUT2D eigenvalue weighted by Gasteiger charge is 2.16. The van der Waals surface area contributed by atoms with Gasteiger partial charge < -0.3 is 5.32 Å². The van der Waals surface area contributed by atoms with E-state index < -0.39 is 0 Å². The quantitative estimate of drug-likeness (QED) is 0.487. The van der Waals surface area contributed by atoms with Gasteiger partial charge in [-0.2, -0.15) is 10.2 Å². The zero-order chi connectivity index (χ0) is 20.7. The maximum absolute atomic E-state index is 12.9. The number of H-pyrrole nitrogens is 1. The largest absolute Gasteiger partial charge is 0.321 e. The van der Waals surface area contributed by atoms with E-state index in [1.165, 1.54) is 0 Å². The van der Waals surface area contributed by atoms with Gasteiger partial charge in [0.15, 0.2) is 0 Å². The summed E-state index contributed by atoms with van der Waals surface area (Å²) in [4.78, 5) is 24.9. The average molecular weight is 395 g/mol. The molecule has 0 unspecified atom stereocenters. The number of benzene rings is 3. The molecule has 5 rings (SSSR count). The molecule has 0 bridgehead atoms. The van der Waals surface area contributed by atoms with E-state index in [2.05, 4.69) is 20.6 Å². The number of amides is 1. The molecule has 30 heavy (non-hydrogen) atoms. The third-order valence-corrected chi connectivity index (χ3v) is 5.07. The van der Waals surface area contributed by atoms with E-state index in [-0.39, 0.29) is 11.5 Å². The second kappa shape index (κ2) is 6.97. The smallest absolute Gasteiger partial charge is 0.274 e. The van der Waals surface area contributed by atoms with Crippen LogP contribution in [0.4, 0.5) is 5.69 Å². The van der Waals surface area contributed by atoms with E-state index in [9.17, 15) is 9.59 Å². The van der Waals surface area contributed by atoms with Crippen molar-refractivity contribution in [1.29, 1.82) is 0 Å². The fourth-order valence-corrected chi connectivity index (χ4v) is 3.65. The molecule has 0 atom stereocenters. The van der Waals surface area contributed by atoms with Gasteiger partial charge in [0.1, 0.15) is 5.69 Å². The maximum Gasteiger partial charge on any atom is 0.274 e. The first-order chi connectivity index (χ1) is 14.6. The number of aromatic nitrogens is 4. The summed E-state index contributed by atoms with van der Waals surface area (Å²) in [5.41, 5.74) is 3.23. The lowest BCUT2D eigenvalue weighted by atomic mass is 10.0. The van der Waals surface area contributed by atoms with Crippen molar-refractivity contribution in [2.45, 2.75) is 0 Å². The predicted molar refractivity (Wildman–Crippen MR) is 116 cm³/mol. The molecule has 2 heterocycles. The van der Waals surface area contributed by atoms with Crippen molar-refractivity contribution in [2.75, 3.05) is 5.32 Å². The molecular formula is C23H17N5O2. The SMILES string of the molecule is Cn1nc2ccccc2c1C(=O)Nc1ccc(-c2n[nH]c(=O)c3ccccc23)cc1. The molecule has 7 nitrogen and oxygen atoms in total. The van der Waals surface area contributed by atoms with Gasteiger partial charge in [0.2, 0.25) is 0 Å². The van der Waals surface area contributed by atoms with Crippen LogP contribution in [0.25, 0.3) is 32.9 Å². The van der Waals surface area contributed by atoms with Gasteiger partial charge in [-0.3, -0.25) is 14.3 Å². The zero-order valence-electron chi connectivity index (χ0n) is 16.1. The second-order valence-corrected chi connectivity index (χ2v) is 6.97. The highest BCUT2D eigenvalue weighted by molar-refractivity contribution is 6.11. The summed E-state index contributed by atoms with van der Waals surface area (Å²) < 4.78 is 1.59. The highest BCUT2D eigenvalue weighted by atomic mass is 16.2. The van der Waals surface area contributed by atoms with Gasteiger partial charge in [-0.15, -0.1) is 0 Å². The lowest BCUT2D eigenvalue weighted by Crippen LogP contribution is -2.16. The molecule has 1 amide bonds. The first kappa shape index (κ1) is 17.8. The molecule has 0 saturated heterocycles. The topological polar surface area (TPSA) is 92.7 Å². The van der Waals surface area contributed by atoms with Crippen molar-refractivity contribution in [2.24, 2.45) is 7.05 Å². The van der Waals surface area contributed by atoms with Gasteiger partial charge in [0.25, 0.3) is 11.5 Å². The standard InChI is InChI=1S/C23H17N5O2/c1-28-21(18-8-4-5-9-19(18)27-28)23(30)24-15-12-10-14(11-13-15)20-16-6-2-3-7-17(16)22(29)26-25-20/h2-13H,1H3,(H,24,30)(H,26,29). The van der Waals surface area contributed by atoms with Crippen LogP contribution in [-0.4, -0.2) is 25.9 Å². The van der Waals surface area contributed by atoms with Crippen LogP contribution < -0.4 is 10.9 Å². The van der Waals surface area contributed by atoms with Crippen LogP contribution in [0.15, 0.2) is 77.6 Å². The number of carbonyl (C=O) groups excluding carboxylic acids is 1. The third kappa shape index (κ3) is 2.93. The highest BCUT2D eigenvalue weighted by Crippen LogP contribution is 2.26. The Labute approximate surface area is 171 Å². The van der Waals surface area contributed by atoms with E-state index in [0.29, 0.717) is 22.5 Å². The number of carbonyl (C=O) groups is 1. The molecule has 3 aromatic carbocycles. The van der Waals surface area contributed by atoms with Gasteiger partial charge in [0, 0.05) is 29.1 Å². The molecule has 2 aromatic heterocycles. The Bertz CT molecular complexity index is 1470. The van der Waals surface area contributed by atoms with Crippen LogP contribution in [0.5, 0.6) is 0 Å². The summed E-state index contributed by atoms with van der Waals surface area (Å²) in [6, 6.07) is 22.2. The third-order valence-electron chi connectivity index (χ3n) is 5.07. The van der Waals surface area contributed by atoms with Gasteiger partial charge in [-0.1, -0.05) is 48.5 Å². The molecule has 0 aliphatic carbocycles.